The van der Waals surface area contributed by atoms with Gasteiger partial charge >= 0.3 is 6.09 Å². The number of fused-ring (bicyclic) bond motifs is 2. The molecule has 3 atom stereocenters. The summed E-state index contributed by atoms with van der Waals surface area (Å²) in [7, 11) is 1.95. The van der Waals surface area contributed by atoms with Gasteiger partial charge in [0.05, 0.1) is 12.9 Å². The minimum absolute atomic E-state index is 0.0897. The Labute approximate surface area is 234 Å². The Balaban J connectivity index is 1.14. The molecule has 1 amide bonds. The summed E-state index contributed by atoms with van der Waals surface area (Å²) in [6.07, 6.45) is 1.88. The number of carbonyl (C=O) groups is 1. The first-order chi connectivity index (χ1) is 18.9. The van der Waals surface area contributed by atoms with Crippen molar-refractivity contribution in [1.29, 1.82) is 0 Å². The quantitative estimate of drug-likeness (QED) is 0.428. The molecule has 2 fully saturated rings. The minimum atomic E-state index is -0.952. The first kappa shape index (κ1) is 28.2. The number of ether oxygens (including phenoxy) is 4. The predicted molar refractivity (Wildman–Crippen MR) is 148 cm³/mol. The average Bonchev–Trinajstić information content (AvgIpc) is 3.53. The van der Waals surface area contributed by atoms with Crippen molar-refractivity contribution in [1.82, 2.24) is 29.7 Å². The van der Waals surface area contributed by atoms with Crippen molar-refractivity contribution in [3.05, 3.63) is 48.0 Å². The zero-order valence-electron chi connectivity index (χ0n) is 24.0. The SMILES string of the molecule is CN(CCOC(=O)NCc1ccc(C(C)(C)C)cc1)C[C@H]1OC[C@]2(n3cnc4c(N)ncnc43)OC(C)(C)O[C@H]12. The molecule has 0 saturated carbocycles. The Morgan fingerprint density at radius 1 is 1.23 bits per heavy atom. The van der Waals surface area contributed by atoms with Gasteiger partial charge in [0.25, 0.3) is 0 Å². The van der Waals surface area contributed by atoms with Gasteiger partial charge in [0.15, 0.2) is 17.3 Å². The number of anilines is 1. The number of hydrogen-bond donors (Lipinski definition) is 2. The zero-order valence-corrected chi connectivity index (χ0v) is 24.0. The fourth-order valence-corrected chi connectivity index (χ4v) is 5.27. The molecule has 0 aliphatic carbocycles. The van der Waals surface area contributed by atoms with E-state index in [1.54, 1.807) is 6.33 Å². The van der Waals surface area contributed by atoms with E-state index in [2.05, 4.69) is 53.2 Å². The predicted octanol–water partition coefficient (Wildman–Crippen LogP) is 2.77. The molecule has 3 N–H and O–H groups in total. The third kappa shape index (κ3) is 5.62. The summed E-state index contributed by atoms with van der Waals surface area (Å²) in [6, 6.07) is 8.24. The van der Waals surface area contributed by atoms with Crippen LogP contribution in [0.25, 0.3) is 11.2 Å². The third-order valence-corrected chi connectivity index (χ3v) is 7.34. The maximum atomic E-state index is 12.3. The molecule has 2 saturated heterocycles. The molecule has 12 heteroatoms. The number of nitrogen functional groups attached to an aromatic ring is 1. The monoisotopic (exact) mass is 553 g/mol. The molecular weight excluding hydrogens is 514 g/mol. The summed E-state index contributed by atoms with van der Waals surface area (Å²) < 4.78 is 26.2. The second-order valence-electron chi connectivity index (χ2n) is 12.0. The Morgan fingerprint density at radius 3 is 2.70 bits per heavy atom. The molecule has 3 aromatic rings. The van der Waals surface area contributed by atoms with E-state index in [0.29, 0.717) is 36.6 Å². The van der Waals surface area contributed by atoms with Gasteiger partial charge in [0.1, 0.15) is 30.7 Å². The lowest BCUT2D eigenvalue weighted by Crippen LogP contribution is -2.46. The molecule has 0 unspecified atom stereocenters. The van der Waals surface area contributed by atoms with Crippen LogP contribution in [-0.4, -0.2) is 81.9 Å². The van der Waals surface area contributed by atoms with Crippen molar-refractivity contribution in [2.75, 3.05) is 39.1 Å². The van der Waals surface area contributed by atoms with Gasteiger partial charge < -0.3 is 34.9 Å². The van der Waals surface area contributed by atoms with Crippen molar-refractivity contribution in [3.63, 3.8) is 0 Å². The van der Waals surface area contributed by atoms with E-state index in [1.165, 1.54) is 11.9 Å². The third-order valence-electron chi connectivity index (χ3n) is 7.34. The van der Waals surface area contributed by atoms with Gasteiger partial charge in [-0.3, -0.25) is 4.57 Å². The standard InChI is InChI=1S/C28H39N7O5/c1-26(2,3)19-9-7-18(8-10-19)13-30-25(36)37-12-11-34(6)14-20-22-28(15-38-20,40-27(4,5)39-22)35-17-33-21-23(29)31-16-32-24(21)35/h7-10,16-17,20,22H,11-15H2,1-6H3,(H,30,36)(H2,29,31,32)/t20-,22-,28+/m1/s1. The van der Waals surface area contributed by atoms with Crippen molar-refractivity contribution in [2.45, 2.75) is 70.3 Å². The van der Waals surface area contributed by atoms with Crippen LogP contribution in [0.15, 0.2) is 36.9 Å². The largest absolute Gasteiger partial charge is 0.448 e. The van der Waals surface area contributed by atoms with Gasteiger partial charge in [-0.15, -0.1) is 0 Å². The number of nitrogens with zero attached hydrogens (tertiary/aromatic N) is 5. The van der Waals surface area contributed by atoms with E-state index in [1.807, 2.05) is 42.5 Å². The van der Waals surface area contributed by atoms with Gasteiger partial charge in [-0.2, -0.15) is 0 Å². The van der Waals surface area contributed by atoms with Crippen LogP contribution in [0.2, 0.25) is 0 Å². The maximum Gasteiger partial charge on any atom is 0.407 e. The van der Waals surface area contributed by atoms with Gasteiger partial charge in [-0.05, 0) is 37.4 Å². The van der Waals surface area contributed by atoms with Crippen LogP contribution in [0, 0.1) is 0 Å². The van der Waals surface area contributed by atoms with Crippen molar-refractivity contribution < 1.29 is 23.7 Å². The molecule has 2 aliphatic heterocycles. The van der Waals surface area contributed by atoms with Gasteiger partial charge in [0.2, 0.25) is 5.72 Å². The van der Waals surface area contributed by atoms with Crippen LogP contribution in [-0.2, 0) is 36.6 Å². The molecule has 216 valence electrons. The van der Waals surface area contributed by atoms with E-state index in [-0.39, 0.29) is 24.7 Å². The second kappa shape index (κ2) is 10.6. The summed E-state index contributed by atoms with van der Waals surface area (Å²) in [5.74, 6) is -0.540. The Bertz CT molecular complexity index is 1350. The van der Waals surface area contributed by atoms with E-state index in [0.717, 1.165) is 5.56 Å². The van der Waals surface area contributed by atoms with Crippen LogP contribution in [0.4, 0.5) is 10.6 Å². The number of nitrogens with two attached hydrogens (primary N) is 1. The molecule has 5 rings (SSSR count). The average molecular weight is 554 g/mol. The van der Waals surface area contributed by atoms with Crippen LogP contribution >= 0.6 is 0 Å². The highest BCUT2D eigenvalue weighted by Crippen LogP contribution is 2.47. The summed E-state index contributed by atoms with van der Waals surface area (Å²) in [6.45, 7) is 12.2. The summed E-state index contributed by atoms with van der Waals surface area (Å²) in [5, 5.41) is 2.81. The number of rotatable bonds is 8. The zero-order chi connectivity index (χ0) is 28.7. The van der Waals surface area contributed by atoms with E-state index in [9.17, 15) is 4.79 Å². The first-order valence-corrected chi connectivity index (χ1v) is 13.5. The van der Waals surface area contributed by atoms with Crippen molar-refractivity contribution >= 4 is 23.1 Å². The normalized spacial score (nSPS) is 24.0. The Kier molecular flexibility index (Phi) is 7.47. The summed E-state index contributed by atoms with van der Waals surface area (Å²) in [5.41, 5.74) is 8.47. The highest BCUT2D eigenvalue weighted by molar-refractivity contribution is 5.81. The smallest absolute Gasteiger partial charge is 0.407 e. The summed E-state index contributed by atoms with van der Waals surface area (Å²) in [4.78, 5) is 27.1. The number of nitrogens with one attached hydrogen (secondary N) is 1. The number of likely N-dealkylation sites (N-methyl/N-ethyl adjacent to an activating group) is 1. The molecule has 12 nitrogen and oxygen atoms in total. The van der Waals surface area contributed by atoms with Gasteiger partial charge in [-0.1, -0.05) is 45.0 Å². The number of hydrogen-bond acceptors (Lipinski definition) is 10. The van der Waals surface area contributed by atoms with Crippen LogP contribution < -0.4 is 11.1 Å². The van der Waals surface area contributed by atoms with Gasteiger partial charge in [-0.25, -0.2) is 19.7 Å². The number of carbonyl (C=O) groups excluding carboxylic acids is 1. The lowest BCUT2D eigenvalue weighted by Gasteiger charge is -2.29. The molecule has 0 radical (unpaired) electrons. The van der Waals surface area contributed by atoms with E-state index < -0.39 is 23.7 Å². The molecule has 0 spiro atoms. The van der Waals surface area contributed by atoms with Crippen molar-refractivity contribution in [3.8, 4) is 0 Å². The Hall–Kier alpha value is -3.32. The molecule has 4 heterocycles. The Morgan fingerprint density at radius 2 is 1.98 bits per heavy atom. The van der Waals surface area contributed by atoms with Crippen LogP contribution in [0.3, 0.4) is 0 Å². The number of aromatic nitrogens is 4. The number of alkyl carbamates (subject to hydrolysis) is 1. The fraction of sp³-hybridized carbons (Fsp3) is 0.571. The molecule has 1 aromatic carbocycles. The number of benzene rings is 1. The van der Waals surface area contributed by atoms with Crippen LogP contribution in [0.1, 0.15) is 45.7 Å². The molecular formula is C28H39N7O5. The lowest BCUT2D eigenvalue weighted by atomic mass is 9.87. The maximum absolute atomic E-state index is 12.3. The molecule has 40 heavy (non-hydrogen) atoms. The first-order valence-electron chi connectivity index (χ1n) is 13.5. The second-order valence-corrected chi connectivity index (χ2v) is 12.0. The highest BCUT2D eigenvalue weighted by atomic mass is 16.8. The topological polar surface area (TPSA) is 139 Å². The lowest BCUT2D eigenvalue weighted by molar-refractivity contribution is -0.205. The number of imidazole rings is 1. The summed E-state index contributed by atoms with van der Waals surface area (Å²) >= 11 is 0. The molecule has 2 aromatic heterocycles. The molecule has 0 bridgehead atoms. The van der Waals surface area contributed by atoms with E-state index >= 15 is 0 Å². The number of amides is 1. The van der Waals surface area contributed by atoms with Crippen LogP contribution in [0.5, 0.6) is 0 Å². The van der Waals surface area contributed by atoms with Gasteiger partial charge in [0, 0.05) is 19.6 Å². The van der Waals surface area contributed by atoms with Crippen molar-refractivity contribution in [2.24, 2.45) is 0 Å². The minimum Gasteiger partial charge on any atom is -0.448 e. The highest BCUT2D eigenvalue weighted by Gasteiger charge is 2.63. The fourth-order valence-electron chi connectivity index (χ4n) is 5.27. The van der Waals surface area contributed by atoms with E-state index in [4.69, 9.17) is 24.7 Å². The molecule has 2 aliphatic rings.